The molecule has 4 fully saturated rings. The van der Waals surface area contributed by atoms with E-state index in [1.165, 1.54) is 11.3 Å². The fourth-order valence-corrected chi connectivity index (χ4v) is 6.80. The minimum Gasteiger partial charge on any atom is -0.342 e. The second-order valence-electron chi connectivity index (χ2n) is 11.7. The highest BCUT2D eigenvalue weighted by atomic mass is 16.2. The quantitative estimate of drug-likeness (QED) is 0.696. The van der Waals surface area contributed by atoms with Crippen LogP contribution in [0.4, 0.5) is 4.79 Å². The summed E-state index contributed by atoms with van der Waals surface area (Å²) in [5, 5.41) is 3.07. The molecule has 31 heavy (non-hydrogen) atoms. The zero-order valence-electron chi connectivity index (χ0n) is 19.8. The molecule has 3 saturated heterocycles. The number of hydrogen-bond acceptors (Lipinski definition) is 4. The lowest BCUT2D eigenvalue weighted by Gasteiger charge is -2.44. The average molecular weight is 433 g/mol. The topological polar surface area (TPSA) is 73.0 Å². The summed E-state index contributed by atoms with van der Waals surface area (Å²) in [5.41, 5.74) is -0.696. The van der Waals surface area contributed by atoms with Gasteiger partial charge in [-0.3, -0.25) is 14.5 Å². The van der Waals surface area contributed by atoms with Gasteiger partial charge >= 0.3 is 6.03 Å². The molecule has 4 rings (SSSR count). The van der Waals surface area contributed by atoms with Crippen LogP contribution >= 0.6 is 0 Å². The number of amides is 4. The summed E-state index contributed by atoms with van der Waals surface area (Å²) in [4.78, 5) is 44.7. The molecule has 0 aromatic rings. The number of likely N-dealkylation sites (tertiary alicyclic amines) is 2. The molecule has 3 heterocycles. The van der Waals surface area contributed by atoms with Crippen LogP contribution in [0.15, 0.2) is 0 Å². The lowest BCUT2D eigenvalue weighted by molar-refractivity contribution is -0.140. The van der Waals surface area contributed by atoms with E-state index in [-0.39, 0.29) is 23.3 Å². The molecule has 4 aliphatic rings. The predicted octanol–water partition coefficient (Wildman–Crippen LogP) is 3.05. The zero-order valence-corrected chi connectivity index (χ0v) is 19.8. The third-order valence-corrected chi connectivity index (χ3v) is 7.87. The largest absolute Gasteiger partial charge is 0.342 e. The standard InChI is InChI=1S/C24H40N4O3/c1-17-6-5-9-27(14-17)20(29)19-7-10-26(11-8-19)16-28-21(30)24(25-22(28)31)13-18(2)12-23(3,4)15-24/h17-19H,5-16H2,1-4H3,(H,25,31). The molecule has 7 nitrogen and oxygen atoms in total. The van der Waals surface area contributed by atoms with Crippen LogP contribution in [0.25, 0.3) is 0 Å². The Kier molecular flexibility index (Phi) is 6.10. The fourth-order valence-electron chi connectivity index (χ4n) is 6.80. The molecule has 0 bridgehead atoms. The zero-order chi connectivity index (χ0) is 22.4. The van der Waals surface area contributed by atoms with Gasteiger partial charge in [-0.1, -0.05) is 27.7 Å². The summed E-state index contributed by atoms with van der Waals surface area (Å²) in [7, 11) is 0. The third-order valence-electron chi connectivity index (χ3n) is 7.87. The summed E-state index contributed by atoms with van der Waals surface area (Å²) in [6.45, 7) is 12.4. The number of rotatable bonds is 3. The molecule has 7 heteroatoms. The van der Waals surface area contributed by atoms with Gasteiger partial charge in [-0.15, -0.1) is 0 Å². The van der Waals surface area contributed by atoms with Crippen LogP contribution in [0.1, 0.15) is 72.6 Å². The second kappa shape index (κ2) is 8.38. The molecule has 0 aromatic carbocycles. The van der Waals surface area contributed by atoms with Crippen molar-refractivity contribution in [2.24, 2.45) is 23.2 Å². The Hall–Kier alpha value is -1.63. The molecule has 3 aliphatic heterocycles. The Morgan fingerprint density at radius 2 is 1.74 bits per heavy atom. The van der Waals surface area contributed by atoms with E-state index in [2.05, 4.69) is 42.8 Å². The first-order chi connectivity index (χ1) is 14.6. The molecule has 1 N–H and O–H groups in total. The third kappa shape index (κ3) is 4.62. The number of nitrogens with zero attached hydrogens (tertiary/aromatic N) is 3. The van der Waals surface area contributed by atoms with Gasteiger partial charge in [0.05, 0.1) is 6.67 Å². The van der Waals surface area contributed by atoms with Crippen molar-refractivity contribution >= 4 is 17.8 Å². The molecule has 4 amide bonds. The molecule has 174 valence electrons. The maximum absolute atomic E-state index is 13.4. The summed E-state index contributed by atoms with van der Waals surface area (Å²) >= 11 is 0. The maximum atomic E-state index is 13.4. The molecule has 0 aromatic heterocycles. The van der Waals surface area contributed by atoms with Crippen molar-refractivity contribution in [1.29, 1.82) is 0 Å². The van der Waals surface area contributed by atoms with Gasteiger partial charge in [0.2, 0.25) is 5.91 Å². The van der Waals surface area contributed by atoms with Crippen molar-refractivity contribution in [3.63, 3.8) is 0 Å². The lowest BCUT2D eigenvalue weighted by atomic mass is 9.64. The minimum atomic E-state index is -0.739. The smallest absolute Gasteiger partial charge is 0.326 e. The van der Waals surface area contributed by atoms with Crippen molar-refractivity contribution in [1.82, 2.24) is 20.0 Å². The van der Waals surface area contributed by atoms with Gasteiger partial charge in [0.15, 0.2) is 0 Å². The number of hydrogen-bond donors (Lipinski definition) is 1. The van der Waals surface area contributed by atoms with E-state index >= 15 is 0 Å². The van der Waals surface area contributed by atoms with Crippen molar-refractivity contribution in [2.45, 2.75) is 78.2 Å². The summed E-state index contributed by atoms with van der Waals surface area (Å²) in [5.74, 6) is 1.33. The second-order valence-corrected chi connectivity index (χ2v) is 11.7. The average Bonchev–Trinajstić information content (AvgIpc) is 2.89. The van der Waals surface area contributed by atoms with Crippen LogP contribution < -0.4 is 5.32 Å². The predicted molar refractivity (Wildman–Crippen MR) is 119 cm³/mol. The molecule has 3 atom stereocenters. The number of carbonyl (C=O) groups is 3. The minimum absolute atomic E-state index is 0.0429. The van der Waals surface area contributed by atoms with Gasteiger partial charge in [-0.25, -0.2) is 9.69 Å². The SMILES string of the molecule is CC1CCCN(C(=O)C2CCN(CN3C(=O)NC4(CC(C)CC(C)(C)C4)C3=O)CC2)C1. The Morgan fingerprint density at radius 1 is 1.03 bits per heavy atom. The lowest BCUT2D eigenvalue weighted by Crippen LogP contribution is -2.54. The summed E-state index contributed by atoms with van der Waals surface area (Å²) in [6, 6.07) is -0.254. The Labute approximate surface area is 186 Å². The Balaban J connectivity index is 1.33. The van der Waals surface area contributed by atoms with Crippen molar-refractivity contribution < 1.29 is 14.4 Å². The van der Waals surface area contributed by atoms with Gasteiger partial charge in [0.25, 0.3) is 5.91 Å². The van der Waals surface area contributed by atoms with E-state index in [0.717, 1.165) is 58.3 Å². The van der Waals surface area contributed by atoms with Gasteiger partial charge in [0.1, 0.15) is 5.54 Å². The first kappa shape index (κ1) is 22.6. The van der Waals surface area contributed by atoms with E-state index in [4.69, 9.17) is 0 Å². The maximum Gasteiger partial charge on any atom is 0.326 e. The van der Waals surface area contributed by atoms with Gasteiger partial charge in [-0.05, 0) is 62.2 Å². The van der Waals surface area contributed by atoms with E-state index < -0.39 is 5.54 Å². The molecular formula is C24H40N4O3. The van der Waals surface area contributed by atoms with Crippen LogP contribution in [0.3, 0.4) is 0 Å². The summed E-state index contributed by atoms with van der Waals surface area (Å²) in [6.07, 6.45) is 6.44. The fraction of sp³-hybridized carbons (Fsp3) is 0.875. The van der Waals surface area contributed by atoms with E-state index in [1.807, 2.05) is 0 Å². The van der Waals surface area contributed by atoms with Gasteiger partial charge < -0.3 is 10.2 Å². The highest BCUT2D eigenvalue weighted by Gasteiger charge is 2.56. The molecular weight excluding hydrogens is 392 g/mol. The van der Waals surface area contributed by atoms with E-state index in [9.17, 15) is 14.4 Å². The van der Waals surface area contributed by atoms with Crippen LogP contribution in [0, 0.1) is 23.2 Å². The monoisotopic (exact) mass is 432 g/mol. The highest BCUT2D eigenvalue weighted by Crippen LogP contribution is 2.46. The number of carbonyl (C=O) groups excluding carboxylic acids is 3. The van der Waals surface area contributed by atoms with E-state index in [0.29, 0.717) is 30.8 Å². The molecule has 3 unspecified atom stereocenters. The van der Waals surface area contributed by atoms with Crippen LogP contribution in [0.5, 0.6) is 0 Å². The molecule has 1 aliphatic carbocycles. The number of urea groups is 1. The molecule has 1 spiro atoms. The van der Waals surface area contributed by atoms with Crippen molar-refractivity contribution in [3.8, 4) is 0 Å². The van der Waals surface area contributed by atoms with Crippen molar-refractivity contribution in [3.05, 3.63) is 0 Å². The molecule has 0 radical (unpaired) electrons. The van der Waals surface area contributed by atoms with E-state index in [1.54, 1.807) is 0 Å². The van der Waals surface area contributed by atoms with Crippen LogP contribution in [0.2, 0.25) is 0 Å². The Bertz CT molecular complexity index is 730. The number of imide groups is 1. The highest BCUT2D eigenvalue weighted by molar-refractivity contribution is 6.07. The number of nitrogens with one attached hydrogen (secondary N) is 1. The summed E-state index contributed by atoms with van der Waals surface area (Å²) < 4.78 is 0. The van der Waals surface area contributed by atoms with Crippen LogP contribution in [-0.2, 0) is 9.59 Å². The normalized spacial score (nSPS) is 35.0. The van der Waals surface area contributed by atoms with Crippen LogP contribution in [-0.4, -0.2) is 70.9 Å². The van der Waals surface area contributed by atoms with Gasteiger partial charge in [0, 0.05) is 32.1 Å². The Morgan fingerprint density at radius 3 is 2.39 bits per heavy atom. The van der Waals surface area contributed by atoms with Crippen molar-refractivity contribution in [2.75, 3.05) is 32.8 Å². The first-order valence-corrected chi connectivity index (χ1v) is 12.2. The number of piperidine rings is 2. The van der Waals surface area contributed by atoms with Gasteiger partial charge in [-0.2, -0.15) is 0 Å². The first-order valence-electron chi connectivity index (χ1n) is 12.2. The molecule has 1 saturated carbocycles.